The first-order valence-electron chi connectivity index (χ1n) is 10.5. The second-order valence-corrected chi connectivity index (χ2v) is 9.64. The summed E-state index contributed by atoms with van der Waals surface area (Å²) in [6.07, 6.45) is 7.37. The van der Waals surface area contributed by atoms with Crippen LogP contribution in [0, 0.1) is 6.92 Å². The Balaban J connectivity index is 1.60. The van der Waals surface area contributed by atoms with Gasteiger partial charge in [0.25, 0.3) is 5.56 Å². The van der Waals surface area contributed by atoms with Crippen LogP contribution in [0.3, 0.4) is 0 Å². The number of nitrogens with zero attached hydrogens (tertiary/aromatic N) is 3. The van der Waals surface area contributed by atoms with Crippen LogP contribution in [0.25, 0.3) is 10.2 Å². The Morgan fingerprint density at radius 3 is 2.93 bits per heavy atom. The third-order valence-corrected chi connectivity index (χ3v) is 7.42. The molecule has 7 nitrogen and oxygen atoms in total. The molecule has 3 aromatic rings. The minimum Gasteiger partial charge on any atom is -0.360 e. The van der Waals surface area contributed by atoms with E-state index in [0.717, 1.165) is 48.7 Å². The van der Waals surface area contributed by atoms with Crippen molar-refractivity contribution in [1.29, 1.82) is 0 Å². The van der Waals surface area contributed by atoms with Crippen LogP contribution in [0.1, 0.15) is 55.2 Å². The van der Waals surface area contributed by atoms with E-state index in [1.165, 1.54) is 28.6 Å². The zero-order valence-electron chi connectivity index (χ0n) is 17.3. The lowest BCUT2D eigenvalue weighted by Crippen LogP contribution is -2.25. The number of carbonyl (C=O) groups excluding carboxylic acids is 1. The lowest BCUT2D eigenvalue weighted by Gasteiger charge is -2.13. The third-order valence-electron chi connectivity index (χ3n) is 5.25. The average Bonchev–Trinajstić information content (AvgIpc) is 3.31. The van der Waals surface area contributed by atoms with E-state index in [9.17, 15) is 9.59 Å². The highest BCUT2D eigenvalue weighted by atomic mass is 32.2. The summed E-state index contributed by atoms with van der Waals surface area (Å²) < 4.78 is 6.75. The van der Waals surface area contributed by atoms with Crippen molar-refractivity contribution in [3.8, 4) is 0 Å². The Bertz CT molecular complexity index is 1120. The van der Waals surface area contributed by atoms with E-state index in [-0.39, 0.29) is 17.2 Å². The number of unbranched alkanes of at least 4 members (excludes halogenated alkanes) is 2. The van der Waals surface area contributed by atoms with Gasteiger partial charge in [0.1, 0.15) is 10.6 Å². The molecule has 3 aromatic heterocycles. The van der Waals surface area contributed by atoms with Crippen LogP contribution in [-0.2, 0) is 24.2 Å². The highest BCUT2D eigenvalue weighted by Crippen LogP contribution is 2.34. The van der Waals surface area contributed by atoms with E-state index >= 15 is 0 Å². The predicted molar refractivity (Wildman–Crippen MR) is 121 cm³/mol. The number of aromatic nitrogens is 3. The Morgan fingerprint density at radius 2 is 2.17 bits per heavy atom. The molecule has 0 radical (unpaired) electrons. The molecule has 0 aliphatic heterocycles. The number of hydrogen-bond donors (Lipinski definition) is 1. The van der Waals surface area contributed by atoms with Crippen LogP contribution in [0.15, 0.2) is 20.5 Å². The average molecular weight is 447 g/mol. The van der Waals surface area contributed by atoms with Gasteiger partial charge in [-0.3, -0.25) is 14.2 Å². The van der Waals surface area contributed by atoms with E-state index in [1.807, 2.05) is 0 Å². The highest BCUT2D eigenvalue weighted by molar-refractivity contribution is 7.99. The van der Waals surface area contributed by atoms with E-state index in [1.54, 1.807) is 28.9 Å². The number of thiophene rings is 1. The molecule has 0 spiro atoms. The molecule has 0 fully saturated rings. The number of hydrogen-bond acceptors (Lipinski definition) is 7. The van der Waals surface area contributed by atoms with Crippen molar-refractivity contribution >= 4 is 45.0 Å². The minimum atomic E-state index is -0.201. The summed E-state index contributed by atoms with van der Waals surface area (Å²) in [7, 11) is 0. The van der Waals surface area contributed by atoms with Gasteiger partial charge in [-0.05, 0) is 44.6 Å². The fraction of sp³-hybridized carbons (Fsp3) is 0.524. The van der Waals surface area contributed by atoms with Crippen molar-refractivity contribution in [2.45, 2.75) is 70.5 Å². The molecule has 0 atom stereocenters. The quantitative estimate of drug-likeness (QED) is 0.310. The van der Waals surface area contributed by atoms with Gasteiger partial charge in [0.15, 0.2) is 11.0 Å². The molecule has 1 amide bonds. The fourth-order valence-electron chi connectivity index (χ4n) is 3.78. The Morgan fingerprint density at radius 1 is 1.33 bits per heavy atom. The highest BCUT2D eigenvalue weighted by Gasteiger charge is 2.22. The standard InChI is InChI=1S/C21H26N4O3S2/c1-3-4-7-10-25-20(27)18-14-8-5-6-9-15(14)30-19(18)23-21(25)29-12-17(26)22-16-11-13(2)28-24-16/h11H,3-10,12H2,1-2H3,(H,22,24,26). The number of rotatable bonds is 8. The molecule has 1 aliphatic carbocycles. The molecule has 1 N–H and O–H groups in total. The van der Waals surface area contributed by atoms with Gasteiger partial charge >= 0.3 is 0 Å². The van der Waals surface area contributed by atoms with Crippen LogP contribution >= 0.6 is 23.1 Å². The van der Waals surface area contributed by atoms with Crippen LogP contribution in [0.2, 0.25) is 0 Å². The monoisotopic (exact) mass is 446 g/mol. The molecule has 0 saturated carbocycles. The summed E-state index contributed by atoms with van der Waals surface area (Å²) in [5.74, 6) is 0.986. The lowest BCUT2D eigenvalue weighted by molar-refractivity contribution is -0.113. The van der Waals surface area contributed by atoms with Crippen LogP contribution in [0.4, 0.5) is 5.82 Å². The molecule has 0 aromatic carbocycles. The fourth-order valence-corrected chi connectivity index (χ4v) is 5.91. The maximum Gasteiger partial charge on any atom is 0.263 e. The molecule has 0 unspecified atom stereocenters. The third kappa shape index (κ3) is 4.46. The van der Waals surface area contributed by atoms with Crippen LogP contribution < -0.4 is 10.9 Å². The predicted octanol–water partition coefficient (Wildman–Crippen LogP) is 4.55. The number of anilines is 1. The van der Waals surface area contributed by atoms with Gasteiger partial charge in [-0.2, -0.15) is 0 Å². The van der Waals surface area contributed by atoms with Crippen molar-refractivity contribution in [2.75, 3.05) is 11.1 Å². The van der Waals surface area contributed by atoms with E-state index in [4.69, 9.17) is 9.51 Å². The van der Waals surface area contributed by atoms with E-state index in [0.29, 0.717) is 23.3 Å². The van der Waals surface area contributed by atoms with Gasteiger partial charge in [0, 0.05) is 17.5 Å². The maximum atomic E-state index is 13.4. The topological polar surface area (TPSA) is 90.0 Å². The summed E-state index contributed by atoms with van der Waals surface area (Å²) in [6.45, 7) is 4.55. The number of carbonyl (C=O) groups is 1. The normalized spacial score (nSPS) is 13.5. The maximum absolute atomic E-state index is 13.4. The lowest BCUT2D eigenvalue weighted by atomic mass is 9.97. The van der Waals surface area contributed by atoms with Crippen molar-refractivity contribution < 1.29 is 9.32 Å². The van der Waals surface area contributed by atoms with E-state index in [2.05, 4.69) is 17.4 Å². The van der Waals surface area contributed by atoms with Crippen molar-refractivity contribution in [3.05, 3.63) is 32.6 Å². The van der Waals surface area contributed by atoms with Gasteiger partial charge < -0.3 is 9.84 Å². The Labute approximate surface area is 183 Å². The van der Waals surface area contributed by atoms with Gasteiger partial charge in [-0.15, -0.1) is 11.3 Å². The van der Waals surface area contributed by atoms with E-state index < -0.39 is 0 Å². The number of aryl methyl sites for hydroxylation is 3. The molecule has 30 heavy (non-hydrogen) atoms. The molecule has 1 aliphatic rings. The van der Waals surface area contributed by atoms with Crippen LogP contribution in [-0.4, -0.2) is 26.4 Å². The molecule has 4 rings (SSSR count). The molecule has 3 heterocycles. The number of nitrogens with one attached hydrogen (secondary N) is 1. The molecule has 0 bridgehead atoms. The van der Waals surface area contributed by atoms with Gasteiger partial charge in [0.05, 0.1) is 11.1 Å². The molecule has 9 heteroatoms. The zero-order valence-corrected chi connectivity index (χ0v) is 19.0. The Hall–Kier alpha value is -2.13. The molecule has 0 saturated heterocycles. The van der Waals surface area contributed by atoms with Crippen molar-refractivity contribution in [1.82, 2.24) is 14.7 Å². The van der Waals surface area contributed by atoms with Crippen LogP contribution in [0.5, 0.6) is 0 Å². The molecular formula is C21H26N4O3S2. The number of fused-ring (bicyclic) bond motifs is 3. The Kier molecular flexibility index (Phi) is 6.58. The second-order valence-electron chi connectivity index (χ2n) is 7.61. The molecular weight excluding hydrogens is 420 g/mol. The molecule has 160 valence electrons. The smallest absolute Gasteiger partial charge is 0.263 e. The summed E-state index contributed by atoms with van der Waals surface area (Å²) in [5, 5.41) is 7.93. The SMILES string of the molecule is CCCCCn1c(SCC(=O)Nc2cc(C)on2)nc2sc3c(c2c1=O)CCCC3. The van der Waals surface area contributed by atoms with Gasteiger partial charge in [-0.1, -0.05) is 36.7 Å². The largest absolute Gasteiger partial charge is 0.360 e. The minimum absolute atomic E-state index is 0.0468. The zero-order chi connectivity index (χ0) is 21.1. The van der Waals surface area contributed by atoms with Crippen molar-refractivity contribution in [2.24, 2.45) is 0 Å². The van der Waals surface area contributed by atoms with Gasteiger partial charge in [0.2, 0.25) is 5.91 Å². The first kappa shape index (κ1) is 21.1. The summed E-state index contributed by atoms with van der Waals surface area (Å²) in [4.78, 5) is 32.7. The summed E-state index contributed by atoms with van der Waals surface area (Å²) in [6, 6.07) is 1.67. The van der Waals surface area contributed by atoms with Crippen molar-refractivity contribution in [3.63, 3.8) is 0 Å². The second kappa shape index (κ2) is 9.34. The number of amides is 1. The van der Waals surface area contributed by atoms with Gasteiger partial charge in [-0.25, -0.2) is 4.98 Å². The number of thioether (sulfide) groups is 1. The first-order chi connectivity index (χ1) is 14.6. The summed E-state index contributed by atoms with van der Waals surface area (Å²) in [5.41, 5.74) is 1.25. The summed E-state index contributed by atoms with van der Waals surface area (Å²) >= 11 is 2.95. The first-order valence-corrected chi connectivity index (χ1v) is 12.3.